The largest absolute Gasteiger partial charge is 0.396 e. The fourth-order valence-electron chi connectivity index (χ4n) is 6.82. The Bertz CT molecular complexity index is 1030. The SMILES string of the molecule is CC1CCN(C(=O)C[C@@H]2c3nc(-c4cccnc4)sc3C[C@@H]3[C@](C)(CO)[C@H](O)CC[C@]32C)CC1. The maximum Gasteiger partial charge on any atom is 0.223 e. The molecule has 1 amide bonds. The number of likely N-dealkylation sites (tertiary alicyclic amines) is 1. The monoisotopic (exact) mass is 483 g/mol. The van der Waals surface area contributed by atoms with Gasteiger partial charge in [-0.25, -0.2) is 4.98 Å². The number of hydrogen-bond acceptors (Lipinski definition) is 6. The summed E-state index contributed by atoms with van der Waals surface area (Å²) in [5.41, 5.74) is 1.25. The van der Waals surface area contributed by atoms with E-state index in [9.17, 15) is 15.0 Å². The molecule has 3 heterocycles. The lowest BCUT2D eigenvalue weighted by molar-refractivity contribution is -0.147. The number of amides is 1. The van der Waals surface area contributed by atoms with Gasteiger partial charge in [0.25, 0.3) is 0 Å². The van der Waals surface area contributed by atoms with Crippen LogP contribution in [0.2, 0.25) is 0 Å². The number of rotatable bonds is 4. The highest BCUT2D eigenvalue weighted by Gasteiger charge is 2.59. The molecule has 2 N–H and O–H groups in total. The van der Waals surface area contributed by atoms with E-state index in [1.807, 2.05) is 30.2 Å². The van der Waals surface area contributed by atoms with Gasteiger partial charge in [0.2, 0.25) is 5.91 Å². The van der Waals surface area contributed by atoms with E-state index in [2.05, 4.69) is 18.8 Å². The van der Waals surface area contributed by atoms with E-state index >= 15 is 0 Å². The zero-order chi connectivity index (χ0) is 24.1. The molecule has 2 aromatic heterocycles. The van der Waals surface area contributed by atoms with Gasteiger partial charge in [0.05, 0.1) is 18.4 Å². The van der Waals surface area contributed by atoms with Crippen molar-refractivity contribution in [2.45, 2.75) is 71.3 Å². The number of aromatic nitrogens is 2. The number of nitrogens with zero attached hydrogens (tertiary/aromatic N) is 3. The first-order valence-corrected chi connectivity index (χ1v) is 13.5. The third kappa shape index (κ3) is 3.90. The zero-order valence-corrected chi connectivity index (χ0v) is 21.4. The minimum Gasteiger partial charge on any atom is -0.396 e. The van der Waals surface area contributed by atoms with Crippen LogP contribution >= 0.6 is 11.3 Å². The number of aliphatic hydroxyl groups is 2. The second-order valence-electron chi connectivity index (χ2n) is 11.4. The minimum absolute atomic E-state index is 0.0202. The van der Waals surface area contributed by atoms with E-state index in [-0.39, 0.29) is 29.8 Å². The molecule has 1 saturated carbocycles. The maximum atomic E-state index is 13.6. The van der Waals surface area contributed by atoms with Gasteiger partial charge in [0, 0.05) is 53.7 Å². The summed E-state index contributed by atoms with van der Waals surface area (Å²) in [4.78, 5) is 26.2. The van der Waals surface area contributed by atoms with Crippen molar-refractivity contribution in [3.05, 3.63) is 35.1 Å². The molecule has 3 aliphatic rings. The molecule has 5 atom stereocenters. The van der Waals surface area contributed by atoms with Crippen LogP contribution in [0.3, 0.4) is 0 Å². The lowest BCUT2D eigenvalue weighted by Gasteiger charge is -2.58. The fraction of sp³-hybridized carbons (Fsp3) is 0.667. The van der Waals surface area contributed by atoms with Gasteiger partial charge in [-0.2, -0.15) is 0 Å². The van der Waals surface area contributed by atoms with Crippen LogP contribution in [-0.2, 0) is 11.2 Å². The van der Waals surface area contributed by atoms with Gasteiger partial charge >= 0.3 is 0 Å². The van der Waals surface area contributed by atoms with E-state index in [1.54, 1.807) is 17.5 Å². The van der Waals surface area contributed by atoms with Crippen LogP contribution in [0.1, 0.15) is 69.4 Å². The predicted octanol–water partition coefficient (Wildman–Crippen LogP) is 4.27. The van der Waals surface area contributed by atoms with Crippen LogP contribution in [0.15, 0.2) is 24.5 Å². The van der Waals surface area contributed by atoms with Gasteiger partial charge in [-0.1, -0.05) is 20.8 Å². The number of thiazole rings is 1. The normalized spacial score (nSPS) is 33.9. The van der Waals surface area contributed by atoms with E-state index < -0.39 is 11.5 Å². The first-order valence-electron chi connectivity index (χ1n) is 12.7. The Balaban J connectivity index is 1.55. The highest BCUT2D eigenvalue weighted by atomic mass is 32.1. The first-order chi connectivity index (χ1) is 16.3. The van der Waals surface area contributed by atoms with Gasteiger partial charge in [-0.3, -0.25) is 9.78 Å². The van der Waals surface area contributed by atoms with Crippen molar-refractivity contribution in [3.8, 4) is 10.6 Å². The summed E-state index contributed by atoms with van der Waals surface area (Å²) in [6.07, 6.45) is 7.91. The van der Waals surface area contributed by atoms with E-state index in [1.165, 1.54) is 4.88 Å². The third-order valence-corrected chi connectivity index (χ3v) is 10.5. The van der Waals surface area contributed by atoms with Crippen molar-refractivity contribution in [1.82, 2.24) is 14.9 Å². The summed E-state index contributed by atoms with van der Waals surface area (Å²) < 4.78 is 0. The van der Waals surface area contributed by atoms with E-state index in [0.29, 0.717) is 18.8 Å². The molecule has 2 fully saturated rings. The lowest BCUT2D eigenvalue weighted by Crippen LogP contribution is -2.57. The van der Waals surface area contributed by atoms with Crippen LogP contribution in [0.4, 0.5) is 0 Å². The molecule has 7 heteroatoms. The van der Waals surface area contributed by atoms with Gasteiger partial charge in [-0.05, 0) is 61.5 Å². The molecule has 0 aromatic carbocycles. The van der Waals surface area contributed by atoms with Crippen molar-refractivity contribution < 1.29 is 15.0 Å². The molecule has 2 aromatic rings. The van der Waals surface area contributed by atoms with Crippen LogP contribution in [-0.4, -0.2) is 56.8 Å². The number of hydrogen-bond donors (Lipinski definition) is 2. The number of fused-ring (bicyclic) bond motifs is 2. The van der Waals surface area contributed by atoms with Crippen molar-refractivity contribution in [1.29, 1.82) is 0 Å². The van der Waals surface area contributed by atoms with Crippen LogP contribution in [0, 0.1) is 22.7 Å². The molecule has 5 rings (SSSR count). The zero-order valence-electron chi connectivity index (χ0n) is 20.5. The molecule has 1 saturated heterocycles. The molecule has 184 valence electrons. The molecule has 0 radical (unpaired) electrons. The van der Waals surface area contributed by atoms with Crippen molar-refractivity contribution in [3.63, 3.8) is 0 Å². The predicted molar refractivity (Wildman–Crippen MR) is 133 cm³/mol. The molecule has 1 aliphatic heterocycles. The summed E-state index contributed by atoms with van der Waals surface area (Å²) >= 11 is 1.68. The van der Waals surface area contributed by atoms with E-state index in [0.717, 1.165) is 55.0 Å². The van der Waals surface area contributed by atoms with Crippen molar-refractivity contribution in [2.75, 3.05) is 19.7 Å². The van der Waals surface area contributed by atoms with Gasteiger partial charge in [-0.15, -0.1) is 11.3 Å². The summed E-state index contributed by atoms with van der Waals surface area (Å²) in [6, 6.07) is 3.96. The van der Waals surface area contributed by atoms with Crippen molar-refractivity contribution in [2.24, 2.45) is 22.7 Å². The molecule has 6 nitrogen and oxygen atoms in total. The smallest absolute Gasteiger partial charge is 0.223 e. The summed E-state index contributed by atoms with van der Waals surface area (Å²) in [7, 11) is 0. The molecule has 0 spiro atoms. The summed E-state index contributed by atoms with van der Waals surface area (Å²) in [5, 5.41) is 22.3. The Morgan fingerprint density at radius 3 is 2.71 bits per heavy atom. The summed E-state index contributed by atoms with van der Waals surface area (Å²) in [5.74, 6) is 0.964. The number of piperidine rings is 1. The van der Waals surface area contributed by atoms with Crippen LogP contribution in [0.5, 0.6) is 0 Å². The Morgan fingerprint density at radius 1 is 1.26 bits per heavy atom. The Labute approximate surface area is 206 Å². The quantitative estimate of drug-likeness (QED) is 0.678. The van der Waals surface area contributed by atoms with Gasteiger partial charge < -0.3 is 15.1 Å². The molecule has 0 unspecified atom stereocenters. The number of pyridine rings is 1. The Hall–Kier alpha value is -1.83. The summed E-state index contributed by atoms with van der Waals surface area (Å²) in [6.45, 7) is 8.19. The topological polar surface area (TPSA) is 86.6 Å². The van der Waals surface area contributed by atoms with Crippen LogP contribution < -0.4 is 0 Å². The van der Waals surface area contributed by atoms with Gasteiger partial charge in [0.1, 0.15) is 5.01 Å². The second kappa shape index (κ2) is 8.99. The molecule has 2 aliphatic carbocycles. The Morgan fingerprint density at radius 2 is 2.03 bits per heavy atom. The maximum absolute atomic E-state index is 13.6. The third-order valence-electron chi connectivity index (χ3n) is 9.32. The van der Waals surface area contributed by atoms with Gasteiger partial charge in [0.15, 0.2) is 0 Å². The van der Waals surface area contributed by atoms with E-state index in [4.69, 9.17) is 4.98 Å². The van der Waals surface area contributed by atoms with Crippen LogP contribution in [0.25, 0.3) is 10.6 Å². The second-order valence-corrected chi connectivity index (χ2v) is 12.5. The highest BCUT2D eigenvalue weighted by molar-refractivity contribution is 7.15. The number of carbonyl (C=O) groups excluding carboxylic acids is 1. The molecule has 0 bridgehead atoms. The number of aliphatic hydroxyl groups excluding tert-OH is 2. The average molecular weight is 484 g/mol. The van der Waals surface area contributed by atoms with Crippen molar-refractivity contribution >= 4 is 17.2 Å². The Kier molecular flexibility index (Phi) is 6.32. The molecular weight excluding hydrogens is 446 g/mol. The molecular formula is C27H37N3O3S. The minimum atomic E-state index is -0.592. The average Bonchev–Trinajstić information content (AvgIpc) is 3.28. The highest BCUT2D eigenvalue weighted by Crippen LogP contribution is 2.63. The fourth-order valence-corrected chi connectivity index (χ4v) is 7.98. The molecule has 34 heavy (non-hydrogen) atoms. The number of carbonyl (C=O) groups is 1. The lowest BCUT2D eigenvalue weighted by atomic mass is 9.47. The standard InChI is InChI=1S/C27H37N3O3S/c1-17-7-11-30(12-8-17)23(33)13-19-24-20(34-25(29-24)18-5-4-10-28-15-18)14-21-26(19,2)9-6-22(32)27(21,3)16-31/h4-5,10,15,17,19,21-22,31-32H,6-9,11-14,16H2,1-3H3/t19-,21+,22-,26+,27+/m1/s1. The first kappa shape index (κ1) is 23.9.